The SMILES string of the molecule is C[C@@H]1C[C@H](C)CN(CCCNC(=O)c2nn(C)c3c2CSc2ccccc2-3)C1. The monoisotopic (exact) mass is 398 g/mol. The van der Waals surface area contributed by atoms with E-state index in [1.165, 1.54) is 30.0 Å². The molecule has 5 nitrogen and oxygen atoms in total. The summed E-state index contributed by atoms with van der Waals surface area (Å²) in [4.78, 5) is 16.6. The van der Waals surface area contributed by atoms with Gasteiger partial charge in [0.2, 0.25) is 0 Å². The van der Waals surface area contributed by atoms with E-state index in [2.05, 4.69) is 47.4 Å². The number of aromatic nitrogens is 2. The molecule has 2 aliphatic rings. The molecule has 0 spiro atoms. The van der Waals surface area contributed by atoms with E-state index in [1.54, 1.807) is 11.8 Å². The minimum atomic E-state index is -0.0442. The smallest absolute Gasteiger partial charge is 0.272 e. The summed E-state index contributed by atoms with van der Waals surface area (Å²) in [5.41, 5.74) is 3.90. The largest absolute Gasteiger partial charge is 0.351 e. The molecule has 0 aliphatic carbocycles. The Morgan fingerprint density at radius 1 is 1.25 bits per heavy atom. The van der Waals surface area contributed by atoms with E-state index in [-0.39, 0.29) is 5.91 Å². The molecule has 6 heteroatoms. The number of hydrogen-bond acceptors (Lipinski definition) is 4. The van der Waals surface area contributed by atoms with Crippen LogP contribution >= 0.6 is 11.8 Å². The Kier molecular flexibility index (Phi) is 5.78. The van der Waals surface area contributed by atoms with E-state index in [9.17, 15) is 4.79 Å². The lowest BCUT2D eigenvalue weighted by molar-refractivity contribution is 0.0941. The molecule has 150 valence electrons. The number of piperidine rings is 1. The van der Waals surface area contributed by atoms with Gasteiger partial charge in [-0.3, -0.25) is 9.48 Å². The van der Waals surface area contributed by atoms with Crippen LogP contribution in [-0.4, -0.2) is 46.8 Å². The summed E-state index contributed by atoms with van der Waals surface area (Å²) in [5.74, 6) is 2.31. The van der Waals surface area contributed by atoms with Crippen LogP contribution in [0.25, 0.3) is 11.3 Å². The number of benzene rings is 1. The second kappa shape index (κ2) is 8.29. The van der Waals surface area contributed by atoms with E-state index < -0.39 is 0 Å². The second-order valence-corrected chi connectivity index (χ2v) is 9.42. The highest BCUT2D eigenvalue weighted by molar-refractivity contribution is 7.98. The van der Waals surface area contributed by atoms with Gasteiger partial charge in [-0.05, 0) is 37.3 Å². The molecule has 1 aromatic carbocycles. The van der Waals surface area contributed by atoms with Crippen molar-refractivity contribution < 1.29 is 4.79 Å². The lowest BCUT2D eigenvalue weighted by atomic mass is 9.92. The number of thioether (sulfide) groups is 1. The molecule has 1 fully saturated rings. The van der Waals surface area contributed by atoms with Gasteiger partial charge in [-0.1, -0.05) is 32.0 Å². The Balaban J connectivity index is 1.36. The molecular weight excluding hydrogens is 368 g/mol. The van der Waals surface area contributed by atoms with Gasteiger partial charge in [-0.25, -0.2) is 0 Å². The predicted molar refractivity (Wildman–Crippen MR) is 115 cm³/mol. The maximum atomic E-state index is 12.8. The quantitative estimate of drug-likeness (QED) is 0.779. The number of fused-ring (bicyclic) bond motifs is 3. The van der Waals surface area contributed by atoms with Crippen LogP contribution in [0.4, 0.5) is 0 Å². The number of carbonyl (C=O) groups is 1. The van der Waals surface area contributed by atoms with Gasteiger partial charge < -0.3 is 10.2 Å². The van der Waals surface area contributed by atoms with Crippen molar-refractivity contribution in [1.82, 2.24) is 20.0 Å². The average molecular weight is 399 g/mol. The van der Waals surface area contributed by atoms with Gasteiger partial charge in [0, 0.05) is 48.5 Å². The minimum absolute atomic E-state index is 0.0442. The molecule has 0 unspecified atom stereocenters. The molecule has 2 aromatic rings. The standard InChI is InChI=1S/C22H30N4OS/c1-15-11-16(2)13-26(12-15)10-6-9-23-22(27)20-18-14-28-19-8-5-4-7-17(19)21(18)25(3)24-20/h4-5,7-8,15-16H,6,9-14H2,1-3H3,(H,23,27)/t15-,16+. The summed E-state index contributed by atoms with van der Waals surface area (Å²) in [6.07, 6.45) is 2.32. The lowest BCUT2D eigenvalue weighted by Crippen LogP contribution is -2.40. The highest BCUT2D eigenvalue weighted by atomic mass is 32.2. The molecule has 0 saturated carbocycles. The van der Waals surface area contributed by atoms with Gasteiger partial charge in [0.1, 0.15) is 0 Å². The Morgan fingerprint density at radius 2 is 2.00 bits per heavy atom. The van der Waals surface area contributed by atoms with Crippen molar-refractivity contribution in [2.75, 3.05) is 26.2 Å². The number of aryl methyl sites for hydroxylation is 1. The maximum absolute atomic E-state index is 12.8. The Bertz CT molecular complexity index is 852. The first kappa shape index (κ1) is 19.5. The van der Waals surface area contributed by atoms with Crippen LogP contribution in [0.15, 0.2) is 29.2 Å². The van der Waals surface area contributed by atoms with Crippen LogP contribution in [-0.2, 0) is 12.8 Å². The average Bonchev–Trinajstić information content (AvgIpc) is 3.01. The van der Waals surface area contributed by atoms with E-state index in [0.717, 1.165) is 41.8 Å². The molecule has 0 radical (unpaired) electrons. The fourth-order valence-corrected chi connectivity index (χ4v) is 5.79. The van der Waals surface area contributed by atoms with Crippen molar-refractivity contribution >= 4 is 17.7 Å². The minimum Gasteiger partial charge on any atom is -0.351 e. The maximum Gasteiger partial charge on any atom is 0.272 e. The number of rotatable bonds is 5. The highest BCUT2D eigenvalue weighted by Crippen LogP contribution is 2.42. The van der Waals surface area contributed by atoms with Gasteiger partial charge in [0.25, 0.3) is 5.91 Å². The van der Waals surface area contributed by atoms with Crippen LogP contribution < -0.4 is 5.32 Å². The number of likely N-dealkylation sites (tertiary alicyclic amines) is 1. The molecule has 28 heavy (non-hydrogen) atoms. The van der Waals surface area contributed by atoms with Crippen molar-refractivity contribution in [3.63, 3.8) is 0 Å². The van der Waals surface area contributed by atoms with Crippen LogP contribution in [0.3, 0.4) is 0 Å². The van der Waals surface area contributed by atoms with Gasteiger partial charge in [0.15, 0.2) is 5.69 Å². The van der Waals surface area contributed by atoms with Gasteiger partial charge in [-0.2, -0.15) is 5.10 Å². The molecule has 1 N–H and O–H groups in total. The third kappa shape index (κ3) is 3.98. The van der Waals surface area contributed by atoms with Crippen LogP contribution in [0, 0.1) is 11.8 Å². The van der Waals surface area contributed by atoms with Crippen LogP contribution in [0.1, 0.15) is 42.7 Å². The van der Waals surface area contributed by atoms with E-state index in [1.807, 2.05) is 17.8 Å². The Labute approximate surface area is 171 Å². The van der Waals surface area contributed by atoms with Crippen molar-refractivity contribution in [3.05, 3.63) is 35.5 Å². The van der Waals surface area contributed by atoms with Crippen molar-refractivity contribution in [2.24, 2.45) is 18.9 Å². The fraction of sp³-hybridized carbons (Fsp3) is 0.545. The Hall–Kier alpha value is -1.79. The first-order valence-corrected chi connectivity index (χ1v) is 11.3. The highest BCUT2D eigenvalue weighted by Gasteiger charge is 2.27. The summed E-state index contributed by atoms with van der Waals surface area (Å²) in [5, 5.41) is 7.66. The normalized spacial score (nSPS) is 21.8. The van der Waals surface area contributed by atoms with E-state index >= 15 is 0 Å². The fourth-order valence-electron chi connectivity index (χ4n) is 4.72. The first-order valence-electron chi connectivity index (χ1n) is 10.3. The predicted octanol–water partition coefficient (Wildman–Crippen LogP) is 3.79. The summed E-state index contributed by atoms with van der Waals surface area (Å²) < 4.78 is 1.86. The molecule has 1 amide bonds. The molecule has 1 saturated heterocycles. The molecule has 3 heterocycles. The van der Waals surface area contributed by atoms with Crippen LogP contribution in [0.2, 0.25) is 0 Å². The number of nitrogens with zero attached hydrogens (tertiary/aromatic N) is 3. The molecule has 0 bridgehead atoms. The third-order valence-electron chi connectivity index (χ3n) is 5.76. The molecule has 1 aromatic heterocycles. The van der Waals surface area contributed by atoms with Gasteiger partial charge in [-0.15, -0.1) is 11.8 Å². The second-order valence-electron chi connectivity index (χ2n) is 8.40. The summed E-state index contributed by atoms with van der Waals surface area (Å²) in [6, 6.07) is 8.36. The zero-order valence-corrected chi connectivity index (χ0v) is 17.9. The zero-order valence-electron chi connectivity index (χ0n) is 17.1. The van der Waals surface area contributed by atoms with Gasteiger partial charge in [0.05, 0.1) is 5.69 Å². The number of carbonyl (C=O) groups excluding carboxylic acids is 1. The number of amides is 1. The molecule has 2 atom stereocenters. The third-order valence-corrected chi connectivity index (χ3v) is 6.86. The van der Waals surface area contributed by atoms with E-state index in [0.29, 0.717) is 12.2 Å². The zero-order chi connectivity index (χ0) is 19.7. The number of nitrogens with one attached hydrogen (secondary N) is 1. The van der Waals surface area contributed by atoms with Gasteiger partial charge >= 0.3 is 0 Å². The Morgan fingerprint density at radius 3 is 2.79 bits per heavy atom. The molecular formula is C22H30N4OS. The molecule has 2 aliphatic heterocycles. The number of hydrogen-bond donors (Lipinski definition) is 1. The lowest BCUT2D eigenvalue weighted by Gasteiger charge is -2.34. The first-order chi connectivity index (χ1) is 13.5. The van der Waals surface area contributed by atoms with Crippen molar-refractivity contribution in [1.29, 1.82) is 0 Å². The van der Waals surface area contributed by atoms with Crippen LogP contribution in [0.5, 0.6) is 0 Å². The summed E-state index contributed by atoms with van der Waals surface area (Å²) >= 11 is 1.78. The summed E-state index contributed by atoms with van der Waals surface area (Å²) in [6.45, 7) is 8.80. The summed E-state index contributed by atoms with van der Waals surface area (Å²) in [7, 11) is 1.93. The molecule has 4 rings (SSSR count). The van der Waals surface area contributed by atoms with Crippen molar-refractivity contribution in [3.8, 4) is 11.3 Å². The van der Waals surface area contributed by atoms with E-state index in [4.69, 9.17) is 0 Å². The van der Waals surface area contributed by atoms with Crippen molar-refractivity contribution in [2.45, 2.75) is 37.3 Å². The topological polar surface area (TPSA) is 50.2 Å².